The van der Waals surface area contributed by atoms with Gasteiger partial charge in [-0.05, 0) is 43.8 Å². The molecule has 146 valence electrons. The van der Waals surface area contributed by atoms with Gasteiger partial charge in [0.15, 0.2) is 0 Å². The van der Waals surface area contributed by atoms with Crippen LogP contribution < -0.4 is 9.47 Å². The lowest BCUT2D eigenvalue weighted by Gasteiger charge is -2.17. The molecule has 0 aromatic heterocycles. The van der Waals surface area contributed by atoms with Crippen LogP contribution in [0.5, 0.6) is 11.5 Å². The topological polar surface area (TPSA) is 96.3 Å². The zero-order valence-corrected chi connectivity index (χ0v) is 15.5. The summed E-state index contributed by atoms with van der Waals surface area (Å²) in [6.07, 6.45) is 0. The van der Waals surface area contributed by atoms with Crippen molar-refractivity contribution in [2.24, 2.45) is 0 Å². The second-order valence-corrected chi connectivity index (χ2v) is 5.59. The molecule has 0 amide bonds. The Hall–Kier alpha value is -3.06. The highest BCUT2D eigenvalue weighted by Crippen LogP contribution is 2.17. The van der Waals surface area contributed by atoms with Crippen molar-refractivity contribution in [2.75, 3.05) is 26.8 Å². The van der Waals surface area contributed by atoms with Crippen LogP contribution in [0.4, 0.5) is 0 Å². The molecule has 0 aliphatic carbocycles. The predicted molar refractivity (Wildman–Crippen MR) is 101 cm³/mol. The molecule has 0 fully saturated rings. The molecule has 0 saturated heterocycles. The minimum absolute atomic E-state index is 0.678. The standard InChI is InChI=1S/C18H23NO2.C2H2O4/c1-3-20-17-9-11-18(12-10-17)21-14-13-19(2)15-16-7-5-4-6-8-16;3-1(4)2(5)6/h4-12H,3,13-15H2,1-2H3;(H,3,4)(H,5,6). The number of rotatable bonds is 8. The summed E-state index contributed by atoms with van der Waals surface area (Å²) < 4.78 is 11.2. The van der Waals surface area contributed by atoms with Crippen LogP contribution in [0.1, 0.15) is 12.5 Å². The lowest BCUT2D eigenvalue weighted by molar-refractivity contribution is -0.159. The van der Waals surface area contributed by atoms with E-state index in [-0.39, 0.29) is 0 Å². The average Bonchev–Trinajstić information content (AvgIpc) is 2.64. The van der Waals surface area contributed by atoms with E-state index in [0.717, 1.165) is 24.6 Å². The van der Waals surface area contributed by atoms with Crippen molar-refractivity contribution in [3.8, 4) is 11.5 Å². The van der Waals surface area contributed by atoms with Gasteiger partial charge in [-0.1, -0.05) is 30.3 Å². The number of carboxylic acid groups (broad SMARTS) is 2. The number of nitrogens with zero attached hydrogens (tertiary/aromatic N) is 1. The van der Waals surface area contributed by atoms with Crippen LogP contribution in [0.25, 0.3) is 0 Å². The Labute approximate surface area is 158 Å². The lowest BCUT2D eigenvalue weighted by atomic mass is 10.2. The molecule has 7 nitrogen and oxygen atoms in total. The Balaban J connectivity index is 0.000000527. The first kappa shape index (κ1) is 22.0. The van der Waals surface area contributed by atoms with E-state index in [2.05, 4.69) is 36.2 Å². The molecule has 0 heterocycles. The second kappa shape index (κ2) is 12.3. The van der Waals surface area contributed by atoms with Crippen LogP contribution in [0.15, 0.2) is 54.6 Å². The van der Waals surface area contributed by atoms with E-state index in [1.165, 1.54) is 5.56 Å². The highest BCUT2D eigenvalue weighted by Gasteiger charge is 2.04. The van der Waals surface area contributed by atoms with Crippen molar-refractivity contribution in [2.45, 2.75) is 13.5 Å². The first-order chi connectivity index (χ1) is 12.9. The molecular weight excluding hydrogens is 350 g/mol. The summed E-state index contributed by atoms with van der Waals surface area (Å²) in [6.45, 7) is 5.17. The number of benzene rings is 2. The predicted octanol–water partition coefficient (Wildman–Crippen LogP) is 2.75. The van der Waals surface area contributed by atoms with E-state index in [9.17, 15) is 0 Å². The molecule has 27 heavy (non-hydrogen) atoms. The fourth-order valence-corrected chi connectivity index (χ4v) is 2.09. The molecule has 2 N–H and O–H groups in total. The van der Waals surface area contributed by atoms with Gasteiger partial charge in [-0.3, -0.25) is 4.90 Å². The van der Waals surface area contributed by atoms with Crippen molar-refractivity contribution in [1.82, 2.24) is 4.90 Å². The van der Waals surface area contributed by atoms with E-state index >= 15 is 0 Å². The summed E-state index contributed by atoms with van der Waals surface area (Å²) in [5.41, 5.74) is 1.32. The highest BCUT2D eigenvalue weighted by atomic mass is 16.5. The summed E-state index contributed by atoms with van der Waals surface area (Å²) in [5.74, 6) is -1.89. The van der Waals surface area contributed by atoms with Gasteiger partial charge in [0.25, 0.3) is 0 Å². The minimum Gasteiger partial charge on any atom is -0.494 e. The number of carboxylic acids is 2. The Morgan fingerprint density at radius 2 is 1.41 bits per heavy atom. The maximum atomic E-state index is 9.10. The monoisotopic (exact) mass is 375 g/mol. The van der Waals surface area contributed by atoms with Gasteiger partial charge in [0.05, 0.1) is 6.61 Å². The van der Waals surface area contributed by atoms with Gasteiger partial charge in [0.1, 0.15) is 18.1 Å². The minimum atomic E-state index is -1.82. The van der Waals surface area contributed by atoms with Gasteiger partial charge in [-0.15, -0.1) is 0 Å². The van der Waals surface area contributed by atoms with Gasteiger partial charge in [-0.2, -0.15) is 0 Å². The third-order valence-corrected chi connectivity index (χ3v) is 3.35. The van der Waals surface area contributed by atoms with Gasteiger partial charge in [-0.25, -0.2) is 9.59 Å². The molecule has 2 aromatic carbocycles. The smallest absolute Gasteiger partial charge is 0.414 e. The van der Waals surface area contributed by atoms with Crippen molar-refractivity contribution in [3.63, 3.8) is 0 Å². The molecule has 0 unspecified atom stereocenters. The van der Waals surface area contributed by atoms with Crippen molar-refractivity contribution < 1.29 is 29.3 Å². The second-order valence-electron chi connectivity index (χ2n) is 5.59. The van der Waals surface area contributed by atoms with E-state index in [1.807, 2.05) is 37.3 Å². The van der Waals surface area contributed by atoms with E-state index in [0.29, 0.717) is 13.2 Å². The maximum Gasteiger partial charge on any atom is 0.414 e. The Bertz CT molecular complexity index is 675. The van der Waals surface area contributed by atoms with Crippen LogP contribution in [-0.2, 0) is 16.1 Å². The van der Waals surface area contributed by atoms with Gasteiger partial charge < -0.3 is 19.7 Å². The number of carbonyl (C=O) groups is 2. The van der Waals surface area contributed by atoms with Crippen LogP contribution >= 0.6 is 0 Å². The van der Waals surface area contributed by atoms with Crippen LogP contribution in [-0.4, -0.2) is 53.9 Å². The van der Waals surface area contributed by atoms with Gasteiger partial charge in [0, 0.05) is 13.1 Å². The fraction of sp³-hybridized carbons (Fsp3) is 0.300. The molecule has 0 radical (unpaired) electrons. The zero-order valence-electron chi connectivity index (χ0n) is 15.5. The summed E-state index contributed by atoms with van der Waals surface area (Å²) in [6, 6.07) is 18.2. The molecule has 0 bridgehead atoms. The number of aliphatic carboxylic acids is 2. The maximum absolute atomic E-state index is 9.10. The van der Waals surface area contributed by atoms with Gasteiger partial charge >= 0.3 is 11.9 Å². The first-order valence-electron chi connectivity index (χ1n) is 8.46. The molecule has 0 saturated carbocycles. The Morgan fingerprint density at radius 3 is 1.89 bits per heavy atom. The summed E-state index contributed by atoms with van der Waals surface area (Å²) in [4.78, 5) is 20.5. The summed E-state index contributed by atoms with van der Waals surface area (Å²) in [5, 5.41) is 14.8. The Morgan fingerprint density at radius 1 is 0.889 bits per heavy atom. The van der Waals surface area contributed by atoms with Crippen molar-refractivity contribution >= 4 is 11.9 Å². The first-order valence-corrected chi connectivity index (χ1v) is 8.46. The number of hydrogen-bond acceptors (Lipinski definition) is 5. The molecular formula is C20H25NO6. The fourth-order valence-electron chi connectivity index (χ4n) is 2.09. The molecule has 0 aliphatic rings. The number of likely N-dealkylation sites (N-methyl/N-ethyl adjacent to an activating group) is 1. The van der Waals surface area contributed by atoms with E-state index in [1.54, 1.807) is 0 Å². The number of ether oxygens (including phenoxy) is 2. The lowest BCUT2D eigenvalue weighted by Crippen LogP contribution is -2.23. The van der Waals surface area contributed by atoms with Crippen LogP contribution in [0.3, 0.4) is 0 Å². The van der Waals surface area contributed by atoms with Crippen molar-refractivity contribution in [1.29, 1.82) is 0 Å². The zero-order chi connectivity index (χ0) is 20.1. The normalized spacial score (nSPS) is 9.89. The molecule has 2 aromatic rings. The molecule has 7 heteroatoms. The summed E-state index contributed by atoms with van der Waals surface area (Å²) >= 11 is 0. The third kappa shape index (κ3) is 9.86. The molecule has 0 spiro atoms. The molecule has 0 atom stereocenters. The average molecular weight is 375 g/mol. The highest BCUT2D eigenvalue weighted by molar-refractivity contribution is 6.27. The van der Waals surface area contributed by atoms with E-state index in [4.69, 9.17) is 29.3 Å². The van der Waals surface area contributed by atoms with E-state index < -0.39 is 11.9 Å². The van der Waals surface area contributed by atoms with Gasteiger partial charge in [0.2, 0.25) is 0 Å². The van der Waals surface area contributed by atoms with Crippen LogP contribution in [0, 0.1) is 0 Å². The third-order valence-electron chi connectivity index (χ3n) is 3.35. The SMILES string of the molecule is CCOc1ccc(OCCN(C)Cc2ccccc2)cc1.O=C(O)C(=O)O. The molecule has 0 aliphatic heterocycles. The summed E-state index contributed by atoms with van der Waals surface area (Å²) in [7, 11) is 2.11. The number of hydrogen-bond donors (Lipinski definition) is 2. The quantitative estimate of drug-likeness (QED) is 0.685. The Kier molecular flexibility index (Phi) is 10.0. The van der Waals surface area contributed by atoms with Crippen LogP contribution in [0.2, 0.25) is 0 Å². The molecule has 2 rings (SSSR count). The largest absolute Gasteiger partial charge is 0.494 e. The van der Waals surface area contributed by atoms with Crippen molar-refractivity contribution in [3.05, 3.63) is 60.2 Å².